The lowest BCUT2D eigenvalue weighted by Crippen LogP contribution is -2.05. The number of halogens is 1. The van der Waals surface area contributed by atoms with Crippen LogP contribution in [0.15, 0.2) is 18.2 Å². The molecule has 1 aromatic rings. The molecule has 1 N–H and O–H groups in total. The molecule has 1 rings (SSSR count). The Hall–Kier alpha value is -1.42. The predicted octanol–water partition coefficient (Wildman–Crippen LogP) is 2.12. The monoisotopic (exact) mass is 226 g/mol. The third kappa shape index (κ3) is 3.31. The first-order valence-electron chi connectivity index (χ1n) is 5.05. The molecule has 0 fully saturated rings. The van der Waals surface area contributed by atoms with Crippen LogP contribution < -0.4 is 0 Å². The maximum Gasteiger partial charge on any atom is 0.305 e. The van der Waals surface area contributed by atoms with E-state index in [1.54, 1.807) is 19.1 Å². The zero-order chi connectivity index (χ0) is 12.1. The fourth-order valence-corrected chi connectivity index (χ4v) is 1.34. The summed E-state index contributed by atoms with van der Waals surface area (Å²) in [5.41, 5.74) is 1.01. The molecule has 0 aliphatic heterocycles. The Balaban J connectivity index is 2.62. The predicted molar refractivity (Wildman–Crippen MR) is 57.3 cm³/mol. The van der Waals surface area contributed by atoms with Crippen LogP contribution in [-0.2, 0) is 9.53 Å². The van der Waals surface area contributed by atoms with Crippen molar-refractivity contribution >= 4 is 5.97 Å². The van der Waals surface area contributed by atoms with Crippen LogP contribution in [0.5, 0.6) is 0 Å². The van der Waals surface area contributed by atoms with Gasteiger partial charge in [0.15, 0.2) is 0 Å². The molecule has 0 aromatic heterocycles. The van der Waals surface area contributed by atoms with E-state index in [-0.39, 0.29) is 24.6 Å². The van der Waals surface area contributed by atoms with Gasteiger partial charge < -0.3 is 9.84 Å². The summed E-state index contributed by atoms with van der Waals surface area (Å²) >= 11 is 0. The molecule has 1 atom stereocenters. The lowest BCUT2D eigenvalue weighted by molar-refractivity contribution is -0.141. The minimum atomic E-state index is -0.839. The fraction of sp³-hybridized carbons (Fsp3) is 0.417. The second-order valence-corrected chi connectivity index (χ2v) is 3.64. The molecule has 0 spiro atoms. The van der Waals surface area contributed by atoms with Gasteiger partial charge in [0.1, 0.15) is 5.82 Å². The quantitative estimate of drug-likeness (QED) is 0.800. The number of aliphatic hydroxyl groups excluding tert-OH is 1. The van der Waals surface area contributed by atoms with E-state index in [2.05, 4.69) is 4.74 Å². The smallest absolute Gasteiger partial charge is 0.305 e. The van der Waals surface area contributed by atoms with E-state index in [1.165, 1.54) is 13.2 Å². The Morgan fingerprint density at radius 1 is 1.56 bits per heavy atom. The topological polar surface area (TPSA) is 46.5 Å². The average molecular weight is 226 g/mol. The summed E-state index contributed by atoms with van der Waals surface area (Å²) < 4.78 is 17.7. The number of methoxy groups -OCH3 is 1. The number of hydrogen-bond acceptors (Lipinski definition) is 3. The van der Waals surface area contributed by atoms with Gasteiger partial charge in [-0.1, -0.05) is 12.1 Å². The lowest BCUT2D eigenvalue weighted by atomic mass is 10.0. The van der Waals surface area contributed by atoms with E-state index in [4.69, 9.17) is 0 Å². The Morgan fingerprint density at radius 3 is 2.81 bits per heavy atom. The first kappa shape index (κ1) is 12.6. The third-order valence-electron chi connectivity index (χ3n) is 2.43. The molecule has 0 aliphatic rings. The van der Waals surface area contributed by atoms with Crippen molar-refractivity contribution in [2.75, 3.05) is 7.11 Å². The van der Waals surface area contributed by atoms with E-state index >= 15 is 0 Å². The van der Waals surface area contributed by atoms with Gasteiger partial charge in [0, 0.05) is 6.42 Å². The van der Waals surface area contributed by atoms with E-state index in [0.717, 1.165) is 0 Å². The number of carbonyl (C=O) groups excluding carboxylic acids is 1. The highest BCUT2D eigenvalue weighted by molar-refractivity contribution is 5.69. The maximum absolute atomic E-state index is 13.2. The molecule has 0 saturated carbocycles. The van der Waals surface area contributed by atoms with Crippen LogP contribution in [0.2, 0.25) is 0 Å². The van der Waals surface area contributed by atoms with Crippen molar-refractivity contribution in [2.24, 2.45) is 0 Å². The number of aryl methyl sites for hydroxylation is 1. The first-order valence-corrected chi connectivity index (χ1v) is 5.05. The van der Waals surface area contributed by atoms with Gasteiger partial charge in [-0.2, -0.15) is 0 Å². The van der Waals surface area contributed by atoms with Crippen molar-refractivity contribution in [3.05, 3.63) is 35.1 Å². The molecule has 88 valence electrons. The van der Waals surface area contributed by atoms with Gasteiger partial charge in [-0.05, 0) is 30.5 Å². The van der Waals surface area contributed by atoms with Gasteiger partial charge >= 0.3 is 5.97 Å². The molecule has 4 heteroatoms. The summed E-state index contributed by atoms with van der Waals surface area (Å²) in [6.07, 6.45) is -0.489. The highest BCUT2D eigenvalue weighted by atomic mass is 19.1. The van der Waals surface area contributed by atoms with Gasteiger partial charge in [-0.25, -0.2) is 4.39 Å². The number of rotatable bonds is 4. The van der Waals surface area contributed by atoms with Crippen LogP contribution >= 0.6 is 0 Å². The highest BCUT2D eigenvalue weighted by Crippen LogP contribution is 2.20. The number of esters is 1. The molecule has 0 heterocycles. The third-order valence-corrected chi connectivity index (χ3v) is 2.43. The molecule has 0 aliphatic carbocycles. The average Bonchev–Trinajstić information content (AvgIpc) is 2.29. The number of carbonyl (C=O) groups is 1. The van der Waals surface area contributed by atoms with Crippen LogP contribution in [0.1, 0.15) is 30.1 Å². The summed E-state index contributed by atoms with van der Waals surface area (Å²) in [6.45, 7) is 1.65. The molecule has 16 heavy (non-hydrogen) atoms. The molecule has 0 bridgehead atoms. The van der Waals surface area contributed by atoms with Crippen LogP contribution in [0.3, 0.4) is 0 Å². The lowest BCUT2D eigenvalue weighted by Gasteiger charge is -2.10. The van der Waals surface area contributed by atoms with Gasteiger partial charge in [0.2, 0.25) is 0 Å². The number of benzene rings is 1. The molecule has 0 saturated heterocycles. The molecular formula is C12H15FO3. The summed E-state index contributed by atoms with van der Waals surface area (Å²) in [6, 6.07) is 4.55. The van der Waals surface area contributed by atoms with Crippen molar-refractivity contribution in [3.8, 4) is 0 Å². The second kappa shape index (κ2) is 5.61. The van der Waals surface area contributed by atoms with Gasteiger partial charge in [-0.15, -0.1) is 0 Å². The molecule has 0 radical (unpaired) electrons. The first-order chi connectivity index (χ1) is 7.54. The van der Waals surface area contributed by atoms with Crippen molar-refractivity contribution in [2.45, 2.75) is 25.9 Å². The zero-order valence-corrected chi connectivity index (χ0v) is 9.37. The van der Waals surface area contributed by atoms with Crippen molar-refractivity contribution < 1.29 is 19.0 Å². The van der Waals surface area contributed by atoms with Crippen molar-refractivity contribution in [3.63, 3.8) is 0 Å². The SMILES string of the molecule is COC(=O)CCC(O)c1ccc(C)c(F)c1. The molecule has 0 amide bonds. The van der Waals surface area contributed by atoms with Crippen LogP contribution in [0.4, 0.5) is 4.39 Å². The van der Waals surface area contributed by atoms with Crippen LogP contribution in [0.25, 0.3) is 0 Å². The number of ether oxygens (including phenoxy) is 1. The van der Waals surface area contributed by atoms with Crippen molar-refractivity contribution in [1.29, 1.82) is 0 Å². The molecule has 3 nitrogen and oxygen atoms in total. The second-order valence-electron chi connectivity index (χ2n) is 3.64. The number of hydrogen-bond donors (Lipinski definition) is 1. The maximum atomic E-state index is 13.2. The van der Waals surface area contributed by atoms with Crippen LogP contribution in [0, 0.1) is 12.7 Å². The van der Waals surface area contributed by atoms with E-state index in [9.17, 15) is 14.3 Å². The highest BCUT2D eigenvalue weighted by Gasteiger charge is 2.11. The van der Waals surface area contributed by atoms with Gasteiger partial charge in [-0.3, -0.25) is 4.79 Å². The molecule has 1 aromatic carbocycles. The largest absolute Gasteiger partial charge is 0.469 e. The standard InChI is InChI=1S/C12H15FO3/c1-8-3-4-9(7-10(8)13)11(14)5-6-12(15)16-2/h3-4,7,11,14H,5-6H2,1-2H3. The minimum Gasteiger partial charge on any atom is -0.469 e. The molecular weight excluding hydrogens is 211 g/mol. The fourth-order valence-electron chi connectivity index (χ4n) is 1.34. The van der Waals surface area contributed by atoms with Gasteiger partial charge in [0.05, 0.1) is 13.2 Å². The van der Waals surface area contributed by atoms with E-state index in [1.807, 2.05) is 0 Å². The zero-order valence-electron chi connectivity index (χ0n) is 9.37. The Morgan fingerprint density at radius 2 is 2.25 bits per heavy atom. The van der Waals surface area contributed by atoms with E-state index in [0.29, 0.717) is 11.1 Å². The Bertz CT molecular complexity index is 377. The Labute approximate surface area is 93.9 Å². The van der Waals surface area contributed by atoms with Gasteiger partial charge in [0.25, 0.3) is 0 Å². The summed E-state index contributed by atoms with van der Waals surface area (Å²) in [4.78, 5) is 10.9. The summed E-state index contributed by atoms with van der Waals surface area (Å²) in [7, 11) is 1.29. The normalized spacial score (nSPS) is 12.2. The molecule has 1 unspecified atom stereocenters. The number of aliphatic hydroxyl groups is 1. The van der Waals surface area contributed by atoms with Crippen molar-refractivity contribution in [1.82, 2.24) is 0 Å². The Kier molecular flexibility index (Phi) is 4.43. The summed E-state index contributed by atoms with van der Waals surface area (Å²) in [5.74, 6) is -0.735. The van der Waals surface area contributed by atoms with Crippen LogP contribution in [-0.4, -0.2) is 18.2 Å². The van der Waals surface area contributed by atoms with E-state index < -0.39 is 6.10 Å². The summed E-state index contributed by atoms with van der Waals surface area (Å²) in [5, 5.41) is 9.71. The minimum absolute atomic E-state index is 0.118.